The van der Waals surface area contributed by atoms with E-state index in [-0.39, 0.29) is 5.82 Å². The molecule has 0 aliphatic carbocycles. The Hall–Kier alpha value is -0.740. The number of fused-ring (bicyclic) bond motifs is 1. The summed E-state index contributed by atoms with van der Waals surface area (Å²) < 4.78 is 20.6. The molecule has 14 heavy (non-hydrogen) atoms. The maximum atomic E-state index is 13.3. The van der Waals surface area contributed by atoms with E-state index in [9.17, 15) is 4.39 Å². The van der Waals surface area contributed by atoms with E-state index in [4.69, 9.17) is 4.74 Å². The van der Waals surface area contributed by atoms with Gasteiger partial charge in [-0.3, -0.25) is 0 Å². The summed E-state index contributed by atoms with van der Waals surface area (Å²) in [6.07, 6.45) is 2.01. The van der Waals surface area contributed by atoms with Gasteiger partial charge in [0, 0.05) is 10.1 Å². The molecule has 2 aromatic rings. The highest BCUT2D eigenvalue weighted by atomic mass is 32.2. The van der Waals surface area contributed by atoms with Crippen LogP contribution < -0.4 is 4.74 Å². The van der Waals surface area contributed by atoms with Crippen molar-refractivity contribution in [3.8, 4) is 5.75 Å². The second-order valence-corrected chi connectivity index (χ2v) is 4.95. The zero-order chi connectivity index (χ0) is 10.1. The molecule has 0 unspecified atom stereocenters. The number of thiophene rings is 1. The van der Waals surface area contributed by atoms with Gasteiger partial charge in [-0.25, -0.2) is 4.39 Å². The van der Waals surface area contributed by atoms with E-state index in [1.54, 1.807) is 29.2 Å². The summed E-state index contributed by atoms with van der Waals surface area (Å²) in [5.74, 6) is 0.0458. The van der Waals surface area contributed by atoms with Crippen LogP contribution in [0.4, 0.5) is 4.39 Å². The third-order valence-electron chi connectivity index (χ3n) is 1.99. The van der Waals surface area contributed by atoms with Crippen molar-refractivity contribution in [1.82, 2.24) is 0 Å². The maximum absolute atomic E-state index is 13.3. The molecule has 0 aliphatic rings. The molecule has 1 heterocycles. The molecule has 0 fully saturated rings. The van der Waals surface area contributed by atoms with E-state index in [0.29, 0.717) is 5.75 Å². The van der Waals surface area contributed by atoms with Gasteiger partial charge in [0.15, 0.2) is 11.6 Å². The standard InChI is InChI=1S/C10H9FOS2/c1-12-10-6-5-9(13-2)14-8(6)4-3-7(10)11/h3-5H,1-2H3. The van der Waals surface area contributed by atoms with Gasteiger partial charge >= 0.3 is 0 Å². The van der Waals surface area contributed by atoms with Crippen LogP contribution in [0.3, 0.4) is 0 Å². The van der Waals surface area contributed by atoms with E-state index >= 15 is 0 Å². The fourth-order valence-electron chi connectivity index (χ4n) is 1.34. The van der Waals surface area contributed by atoms with Crippen LogP contribution in [0.5, 0.6) is 5.75 Å². The molecule has 0 spiro atoms. The van der Waals surface area contributed by atoms with E-state index in [1.807, 2.05) is 12.3 Å². The highest BCUT2D eigenvalue weighted by Gasteiger charge is 2.10. The summed E-state index contributed by atoms with van der Waals surface area (Å²) in [5, 5.41) is 0.863. The number of hydrogen-bond acceptors (Lipinski definition) is 3. The van der Waals surface area contributed by atoms with Crippen LogP contribution >= 0.6 is 23.1 Å². The van der Waals surface area contributed by atoms with Crippen LogP contribution in [-0.2, 0) is 0 Å². The van der Waals surface area contributed by atoms with Gasteiger partial charge in [-0.05, 0) is 24.5 Å². The molecule has 0 aliphatic heterocycles. The van der Waals surface area contributed by atoms with E-state index in [0.717, 1.165) is 10.1 Å². The molecule has 0 atom stereocenters. The molecule has 1 nitrogen and oxygen atoms in total. The SMILES string of the molecule is COc1c(F)ccc2sc(SC)cc12. The Balaban J connectivity index is 2.73. The van der Waals surface area contributed by atoms with Crippen molar-refractivity contribution in [2.45, 2.75) is 4.21 Å². The molecule has 0 N–H and O–H groups in total. The quantitative estimate of drug-likeness (QED) is 0.724. The van der Waals surface area contributed by atoms with Gasteiger partial charge in [0.05, 0.1) is 11.3 Å². The minimum Gasteiger partial charge on any atom is -0.493 e. The molecule has 1 aromatic carbocycles. The van der Waals surface area contributed by atoms with Gasteiger partial charge in [0.1, 0.15) is 0 Å². The summed E-state index contributed by atoms with van der Waals surface area (Å²) in [7, 11) is 1.49. The highest BCUT2D eigenvalue weighted by Crippen LogP contribution is 2.37. The first-order chi connectivity index (χ1) is 6.76. The van der Waals surface area contributed by atoms with Gasteiger partial charge in [-0.15, -0.1) is 23.1 Å². The summed E-state index contributed by atoms with van der Waals surface area (Å²) in [6, 6.07) is 5.20. The monoisotopic (exact) mass is 228 g/mol. The van der Waals surface area contributed by atoms with Gasteiger partial charge in [-0.2, -0.15) is 0 Å². The molecule has 2 rings (SSSR count). The normalized spacial score (nSPS) is 10.8. The Morgan fingerprint density at radius 3 is 2.86 bits per heavy atom. The van der Waals surface area contributed by atoms with E-state index in [2.05, 4.69) is 0 Å². The van der Waals surface area contributed by atoms with Crippen molar-refractivity contribution in [2.24, 2.45) is 0 Å². The Morgan fingerprint density at radius 1 is 1.43 bits per heavy atom. The van der Waals surface area contributed by atoms with E-state index in [1.165, 1.54) is 17.4 Å². The maximum Gasteiger partial charge on any atom is 0.165 e. The van der Waals surface area contributed by atoms with Crippen LogP contribution in [0.15, 0.2) is 22.4 Å². The molecule has 1 aromatic heterocycles. The molecule has 0 radical (unpaired) electrons. The predicted molar refractivity (Wildman–Crippen MR) is 60.1 cm³/mol. The van der Waals surface area contributed by atoms with Crippen molar-refractivity contribution in [1.29, 1.82) is 0 Å². The number of methoxy groups -OCH3 is 1. The highest BCUT2D eigenvalue weighted by molar-refractivity contribution is 8.00. The zero-order valence-electron chi connectivity index (χ0n) is 7.83. The molecular formula is C10H9FOS2. The number of ether oxygens (including phenoxy) is 1. The number of benzene rings is 1. The first-order valence-corrected chi connectivity index (χ1v) is 6.10. The lowest BCUT2D eigenvalue weighted by Crippen LogP contribution is -1.87. The Bertz CT molecular complexity index is 464. The van der Waals surface area contributed by atoms with Gasteiger partial charge < -0.3 is 4.74 Å². The molecule has 0 saturated heterocycles. The second kappa shape index (κ2) is 3.79. The molecular weight excluding hydrogens is 219 g/mol. The van der Waals surface area contributed by atoms with Crippen molar-refractivity contribution < 1.29 is 9.13 Å². The molecule has 0 amide bonds. The molecule has 0 saturated carbocycles. The average Bonchev–Trinajstić information content (AvgIpc) is 2.60. The Labute approximate surface area is 89.9 Å². The van der Waals surface area contributed by atoms with Crippen LogP contribution in [-0.4, -0.2) is 13.4 Å². The minimum absolute atomic E-state index is 0.301. The number of hydrogen-bond donors (Lipinski definition) is 0. The van der Waals surface area contributed by atoms with Gasteiger partial charge in [-0.1, -0.05) is 0 Å². The number of thioether (sulfide) groups is 1. The topological polar surface area (TPSA) is 9.23 Å². The number of halogens is 1. The van der Waals surface area contributed by atoms with Crippen molar-refractivity contribution >= 4 is 33.2 Å². The van der Waals surface area contributed by atoms with Gasteiger partial charge in [0.25, 0.3) is 0 Å². The van der Waals surface area contributed by atoms with Gasteiger partial charge in [0.2, 0.25) is 0 Å². The lowest BCUT2D eigenvalue weighted by atomic mass is 10.2. The van der Waals surface area contributed by atoms with Crippen molar-refractivity contribution in [2.75, 3.05) is 13.4 Å². The molecule has 0 bridgehead atoms. The summed E-state index contributed by atoms with van der Waals surface area (Å²) in [6.45, 7) is 0. The summed E-state index contributed by atoms with van der Waals surface area (Å²) in [5.41, 5.74) is 0. The average molecular weight is 228 g/mol. The fraction of sp³-hybridized carbons (Fsp3) is 0.200. The second-order valence-electron chi connectivity index (χ2n) is 2.76. The van der Waals surface area contributed by atoms with Crippen molar-refractivity contribution in [3.63, 3.8) is 0 Å². The summed E-state index contributed by atoms with van der Waals surface area (Å²) in [4.78, 5) is 0. The molecule has 4 heteroatoms. The molecule has 74 valence electrons. The first-order valence-electron chi connectivity index (χ1n) is 4.06. The van der Waals surface area contributed by atoms with Crippen LogP contribution in [0.2, 0.25) is 0 Å². The van der Waals surface area contributed by atoms with Crippen LogP contribution in [0.1, 0.15) is 0 Å². The minimum atomic E-state index is -0.301. The lowest BCUT2D eigenvalue weighted by Gasteiger charge is -2.01. The Kier molecular flexibility index (Phi) is 2.65. The smallest absolute Gasteiger partial charge is 0.165 e. The Morgan fingerprint density at radius 2 is 2.21 bits per heavy atom. The largest absolute Gasteiger partial charge is 0.493 e. The third kappa shape index (κ3) is 1.48. The van der Waals surface area contributed by atoms with E-state index < -0.39 is 0 Å². The zero-order valence-corrected chi connectivity index (χ0v) is 9.47. The van der Waals surface area contributed by atoms with Crippen LogP contribution in [0, 0.1) is 5.82 Å². The van der Waals surface area contributed by atoms with Crippen molar-refractivity contribution in [3.05, 3.63) is 24.0 Å². The fourth-order valence-corrected chi connectivity index (χ4v) is 2.97. The first kappa shape index (κ1) is 9.80. The third-order valence-corrected chi connectivity index (χ3v) is 4.15. The summed E-state index contributed by atoms with van der Waals surface area (Å²) >= 11 is 3.31. The van der Waals surface area contributed by atoms with Crippen LogP contribution in [0.25, 0.3) is 10.1 Å². The lowest BCUT2D eigenvalue weighted by molar-refractivity contribution is 0.392. The number of rotatable bonds is 2. The predicted octanol–water partition coefficient (Wildman–Crippen LogP) is 3.77.